The summed E-state index contributed by atoms with van der Waals surface area (Å²) in [5, 5.41) is 0.0583. The van der Waals surface area contributed by atoms with Crippen molar-refractivity contribution in [2.75, 3.05) is 6.54 Å². The number of rotatable bonds is 5. The molecule has 1 N–H and O–H groups in total. The van der Waals surface area contributed by atoms with Crippen LogP contribution >= 0.6 is 11.6 Å². The molecule has 0 saturated heterocycles. The van der Waals surface area contributed by atoms with E-state index in [-0.39, 0.29) is 10.2 Å². The Hall–Kier alpha value is -0.590. The van der Waals surface area contributed by atoms with E-state index >= 15 is 0 Å². The molecule has 114 valence electrons. The first-order chi connectivity index (χ1) is 9.40. The lowest BCUT2D eigenvalue weighted by Gasteiger charge is -2.25. The fraction of sp³-hybridized carbons (Fsp3) is 0.769. The van der Waals surface area contributed by atoms with Gasteiger partial charge in [0.2, 0.25) is 5.03 Å². The smallest absolute Gasteiger partial charge is 0.261 e. The van der Waals surface area contributed by atoms with Crippen molar-refractivity contribution in [2.45, 2.75) is 44.1 Å². The molecule has 1 aromatic rings. The Morgan fingerprint density at radius 2 is 2.05 bits per heavy atom. The molecule has 0 aliphatic heterocycles. The summed E-state index contributed by atoms with van der Waals surface area (Å²) in [5.41, 5.74) is 0. The molecule has 0 bridgehead atoms. The SMILES string of the molecule is CC1CCC(CCNS(=O)(=O)c2ncn(C)c2Cl)CC1. The van der Waals surface area contributed by atoms with Crippen molar-refractivity contribution in [3.8, 4) is 0 Å². The van der Waals surface area contributed by atoms with E-state index in [1.54, 1.807) is 7.05 Å². The molecule has 0 unspecified atom stereocenters. The van der Waals surface area contributed by atoms with Crippen LogP contribution in [0.4, 0.5) is 0 Å². The van der Waals surface area contributed by atoms with Gasteiger partial charge < -0.3 is 4.57 Å². The Morgan fingerprint density at radius 1 is 1.40 bits per heavy atom. The standard InChI is InChI=1S/C13H22ClN3O2S/c1-10-3-5-11(6-4-10)7-8-16-20(18,19)13-12(14)17(2)9-15-13/h9-11,16H,3-8H2,1-2H3. The van der Waals surface area contributed by atoms with E-state index in [4.69, 9.17) is 11.6 Å². The average Bonchev–Trinajstić information content (AvgIpc) is 2.73. The van der Waals surface area contributed by atoms with Crippen molar-refractivity contribution in [3.63, 3.8) is 0 Å². The van der Waals surface area contributed by atoms with E-state index in [9.17, 15) is 8.42 Å². The number of halogens is 1. The fourth-order valence-electron chi connectivity index (χ4n) is 2.66. The number of nitrogens with zero attached hydrogens (tertiary/aromatic N) is 2. The summed E-state index contributed by atoms with van der Waals surface area (Å²) >= 11 is 5.92. The van der Waals surface area contributed by atoms with Crippen molar-refractivity contribution in [1.82, 2.24) is 14.3 Å². The minimum atomic E-state index is -3.60. The van der Waals surface area contributed by atoms with E-state index in [1.807, 2.05) is 0 Å². The van der Waals surface area contributed by atoms with Gasteiger partial charge in [-0.1, -0.05) is 44.2 Å². The predicted molar refractivity (Wildman–Crippen MR) is 79.1 cm³/mol. The van der Waals surface area contributed by atoms with Gasteiger partial charge >= 0.3 is 0 Å². The third-order valence-electron chi connectivity index (χ3n) is 4.07. The maximum Gasteiger partial charge on any atom is 0.261 e. The first-order valence-electron chi connectivity index (χ1n) is 7.06. The van der Waals surface area contributed by atoms with Gasteiger partial charge in [0.1, 0.15) is 5.15 Å². The van der Waals surface area contributed by atoms with Crippen LogP contribution in [0.15, 0.2) is 11.4 Å². The molecule has 1 fully saturated rings. The van der Waals surface area contributed by atoms with Gasteiger partial charge in [0, 0.05) is 13.6 Å². The highest BCUT2D eigenvalue weighted by Crippen LogP contribution is 2.30. The summed E-state index contributed by atoms with van der Waals surface area (Å²) < 4.78 is 28.3. The van der Waals surface area contributed by atoms with Crippen LogP contribution in [-0.2, 0) is 17.1 Å². The van der Waals surface area contributed by atoms with Gasteiger partial charge in [-0.3, -0.25) is 0 Å². The molecule has 0 spiro atoms. The summed E-state index contributed by atoms with van der Waals surface area (Å²) in [6.45, 7) is 2.73. The van der Waals surface area contributed by atoms with Crippen LogP contribution in [-0.4, -0.2) is 24.5 Å². The summed E-state index contributed by atoms with van der Waals surface area (Å²) in [4.78, 5) is 3.84. The Balaban J connectivity index is 1.86. The van der Waals surface area contributed by atoms with Crippen LogP contribution in [0.2, 0.25) is 5.15 Å². The average molecular weight is 320 g/mol. The van der Waals surface area contributed by atoms with E-state index in [0.29, 0.717) is 12.5 Å². The second kappa shape index (κ2) is 6.45. The maximum atomic E-state index is 12.1. The van der Waals surface area contributed by atoms with Gasteiger partial charge in [0.25, 0.3) is 10.0 Å². The third-order valence-corrected chi connectivity index (χ3v) is 6.02. The van der Waals surface area contributed by atoms with Gasteiger partial charge in [-0.25, -0.2) is 18.1 Å². The minimum absolute atomic E-state index is 0.0843. The van der Waals surface area contributed by atoms with Crippen LogP contribution in [0.25, 0.3) is 0 Å². The molecule has 0 radical (unpaired) electrons. The van der Waals surface area contributed by atoms with Gasteiger partial charge in [0.15, 0.2) is 0 Å². The third kappa shape index (κ3) is 3.74. The molecular weight excluding hydrogens is 298 g/mol. The zero-order valence-corrected chi connectivity index (χ0v) is 13.5. The van der Waals surface area contributed by atoms with E-state index in [0.717, 1.165) is 12.3 Å². The van der Waals surface area contributed by atoms with Crippen LogP contribution in [0.1, 0.15) is 39.0 Å². The topological polar surface area (TPSA) is 64.0 Å². The molecule has 0 aromatic carbocycles. The highest BCUT2D eigenvalue weighted by Gasteiger charge is 2.23. The maximum absolute atomic E-state index is 12.1. The molecule has 1 heterocycles. The molecular formula is C13H22ClN3O2S. The van der Waals surface area contributed by atoms with Gasteiger partial charge in [0.05, 0.1) is 6.33 Å². The Labute approximate surface area is 125 Å². The second-order valence-corrected chi connectivity index (χ2v) is 7.80. The van der Waals surface area contributed by atoms with Crippen LogP contribution in [0.5, 0.6) is 0 Å². The van der Waals surface area contributed by atoms with Crippen LogP contribution in [0.3, 0.4) is 0 Å². The molecule has 0 amide bonds. The Kier molecular flexibility index (Phi) is 5.09. The molecule has 1 aliphatic rings. The Morgan fingerprint density at radius 3 is 2.60 bits per heavy atom. The van der Waals surface area contributed by atoms with E-state index < -0.39 is 10.0 Å². The lowest BCUT2D eigenvalue weighted by atomic mass is 9.81. The van der Waals surface area contributed by atoms with Crippen molar-refractivity contribution in [3.05, 3.63) is 11.5 Å². The molecule has 1 saturated carbocycles. The second-order valence-electron chi connectivity index (χ2n) is 5.76. The van der Waals surface area contributed by atoms with Gasteiger partial charge in [-0.05, 0) is 18.3 Å². The predicted octanol–water partition coefficient (Wildman–Crippen LogP) is 2.57. The number of imidazole rings is 1. The van der Waals surface area contributed by atoms with Crippen molar-refractivity contribution >= 4 is 21.6 Å². The fourth-order valence-corrected chi connectivity index (χ4v) is 4.13. The number of nitrogens with one attached hydrogen (secondary N) is 1. The number of sulfonamides is 1. The largest absolute Gasteiger partial charge is 0.324 e. The van der Waals surface area contributed by atoms with Crippen molar-refractivity contribution < 1.29 is 8.42 Å². The summed E-state index contributed by atoms with van der Waals surface area (Å²) in [5.74, 6) is 1.45. The number of aryl methyl sites for hydroxylation is 1. The molecule has 2 rings (SSSR count). The lowest BCUT2D eigenvalue weighted by Crippen LogP contribution is -2.27. The molecule has 7 heteroatoms. The molecule has 1 aromatic heterocycles. The number of hydrogen-bond acceptors (Lipinski definition) is 3. The first-order valence-corrected chi connectivity index (χ1v) is 8.92. The Bertz CT molecular complexity index is 548. The summed E-state index contributed by atoms with van der Waals surface area (Å²) in [6, 6.07) is 0. The van der Waals surface area contributed by atoms with E-state index in [2.05, 4.69) is 16.6 Å². The first kappa shape index (κ1) is 15.8. The summed E-state index contributed by atoms with van der Waals surface area (Å²) in [6.07, 6.45) is 7.20. The highest BCUT2D eigenvalue weighted by atomic mass is 35.5. The number of aromatic nitrogens is 2. The normalized spacial score (nSPS) is 23.9. The van der Waals surface area contributed by atoms with Crippen LogP contribution in [0, 0.1) is 11.8 Å². The summed E-state index contributed by atoms with van der Waals surface area (Å²) in [7, 11) is -1.93. The monoisotopic (exact) mass is 319 g/mol. The van der Waals surface area contributed by atoms with Crippen molar-refractivity contribution in [2.24, 2.45) is 18.9 Å². The molecule has 1 aliphatic carbocycles. The minimum Gasteiger partial charge on any atom is -0.324 e. The van der Waals surface area contributed by atoms with Crippen molar-refractivity contribution in [1.29, 1.82) is 0 Å². The molecule has 5 nitrogen and oxygen atoms in total. The van der Waals surface area contributed by atoms with Crippen LogP contribution < -0.4 is 4.72 Å². The zero-order chi connectivity index (χ0) is 14.8. The molecule has 0 atom stereocenters. The molecule has 20 heavy (non-hydrogen) atoms. The number of hydrogen-bond donors (Lipinski definition) is 1. The van der Waals surface area contributed by atoms with E-state index in [1.165, 1.54) is 36.6 Å². The highest BCUT2D eigenvalue weighted by molar-refractivity contribution is 7.89. The zero-order valence-electron chi connectivity index (χ0n) is 12.0. The quantitative estimate of drug-likeness (QED) is 0.907. The lowest BCUT2D eigenvalue weighted by molar-refractivity contribution is 0.278. The van der Waals surface area contributed by atoms with Gasteiger partial charge in [-0.2, -0.15) is 0 Å². The van der Waals surface area contributed by atoms with Gasteiger partial charge in [-0.15, -0.1) is 0 Å².